The van der Waals surface area contributed by atoms with E-state index in [1.54, 1.807) is 9.80 Å². The zero-order chi connectivity index (χ0) is 18.1. The van der Waals surface area contributed by atoms with Crippen LogP contribution < -0.4 is 0 Å². The monoisotopic (exact) mass is 396 g/mol. The number of carbonyl (C=O) groups excluding carboxylic acids is 2. The number of carbonyl (C=O) groups is 2. The minimum atomic E-state index is -0.515. The van der Waals surface area contributed by atoms with Gasteiger partial charge in [-0.2, -0.15) is 0 Å². The molecule has 0 saturated carbocycles. The van der Waals surface area contributed by atoms with Gasteiger partial charge in [-0.15, -0.1) is 0 Å². The van der Waals surface area contributed by atoms with Gasteiger partial charge in [-0.1, -0.05) is 15.9 Å². The summed E-state index contributed by atoms with van der Waals surface area (Å²) in [5.74, 6) is 0.00119. The molecule has 5 nitrogen and oxygen atoms in total. The third-order valence-electron chi connectivity index (χ3n) is 3.95. The van der Waals surface area contributed by atoms with Crippen molar-refractivity contribution in [3.05, 3.63) is 33.8 Å². The molecule has 2 amide bonds. The fourth-order valence-electron chi connectivity index (χ4n) is 2.69. The van der Waals surface area contributed by atoms with Crippen LogP contribution in [0, 0.1) is 6.92 Å². The van der Waals surface area contributed by atoms with Crippen LogP contribution >= 0.6 is 15.9 Å². The highest BCUT2D eigenvalue weighted by molar-refractivity contribution is 9.10. The number of amides is 2. The second kappa shape index (κ2) is 7.13. The summed E-state index contributed by atoms with van der Waals surface area (Å²) in [5, 5.41) is 0. The van der Waals surface area contributed by atoms with Crippen LogP contribution in [-0.4, -0.2) is 53.1 Å². The summed E-state index contributed by atoms with van der Waals surface area (Å²) in [7, 11) is 0. The van der Waals surface area contributed by atoms with Gasteiger partial charge in [0.05, 0.1) is 0 Å². The molecular formula is C18H25BrN2O3. The van der Waals surface area contributed by atoms with Crippen LogP contribution in [0.5, 0.6) is 0 Å². The maximum Gasteiger partial charge on any atom is 0.410 e. The van der Waals surface area contributed by atoms with E-state index in [1.165, 1.54) is 0 Å². The Bertz CT molecular complexity index is 640. The van der Waals surface area contributed by atoms with E-state index in [0.29, 0.717) is 25.2 Å². The molecule has 1 aliphatic rings. The van der Waals surface area contributed by atoms with Crippen molar-refractivity contribution in [2.24, 2.45) is 0 Å². The molecule has 0 aliphatic carbocycles. The summed E-state index contributed by atoms with van der Waals surface area (Å²) in [5.41, 5.74) is 1.19. The van der Waals surface area contributed by atoms with Crippen LogP contribution in [0.3, 0.4) is 0 Å². The lowest BCUT2D eigenvalue weighted by Gasteiger charge is -2.40. The van der Waals surface area contributed by atoms with Gasteiger partial charge in [0.15, 0.2) is 0 Å². The molecule has 132 valence electrons. The normalized spacial score (nSPS) is 18.5. The second-order valence-electron chi connectivity index (χ2n) is 7.24. The van der Waals surface area contributed by atoms with Crippen LogP contribution in [0.15, 0.2) is 22.7 Å². The predicted octanol–water partition coefficient (Wildman–Crippen LogP) is 3.84. The number of rotatable bonds is 1. The van der Waals surface area contributed by atoms with Gasteiger partial charge >= 0.3 is 6.09 Å². The van der Waals surface area contributed by atoms with Gasteiger partial charge in [0.2, 0.25) is 0 Å². The Morgan fingerprint density at radius 1 is 1.25 bits per heavy atom. The average Bonchev–Trinajstić information content (AvgIpc) is 2.47. The van der Waals surface area contributed by atoms with Crippen molar-refractivity contribution < 1.29 is 14.3 Å². The molecule has 1 aromatic rings. The van der Waals surface area contributed by atoms with Gasteiger partial charge in [0.1, 0.15) is 5.60 Å². The van der Waals surface area contributed by atoms with Crippen molar-refractivity contribution in [3.63, 3.8) is 0 Å². The molecule has 0 radical (unpaired) electrons. The molecule has 6 heteroatoms. The molecule has 1 saturated heterocycles. The number of aryl methyl sites for hydroxylation is 1. The number of hydrogen-bond donors (Lipinski definition) is 0. The number of benzene rings is 1. The summed E-state index contributed by atoms with van der Waals surface area (Å²) in [6.07, 6.45) is -0.318. The first kappa shape index (κ1) is 18.8. The van der Waals surface area contributed by atoms with Gasteiger partial charge in [-0.25, -0.2) is 4.79 Å². The fraction of sp³-hybridized carbons (Fsp3) is 0.556. The smallest absolute Gasteiger partial charge is 0.410 e. The van der Waals surface area contributed by atoms with Crippen LogP contribution in [0.25, 0.3) is 0 Å². The molecule has 1 heterocycles. The van der Waals surface area contributed by atoms with Gasteiger partial charge in [-0.3, -0.25) is 4.79 Å². The summed E-state index contributed by atoms with van der Waals surface area (Å²) < 4.78 is 6.42. The maximum absolute atomic E-state index is 12.7. The van der Waals surface area contributed by atoms with Crippen molar-refractivity contribution in [3.8, 4) is 0 Å². The van der Waals surface area contributed by atoms with Crippen LogP contribution in [0.2, 0.25) is 0 Å². The molecule has 0 aromatic heterocycles. The zero-order valence-corrected chi connectivity index (χ0v) is 16.5. The number of piperazine rings is 1. The average molecular weight is 397 g/mol. The van der Waals surface area contributed by atoms with Crippen LogP contribution in [0.1, 0.15) is 43.6 Å². The van der Waals surface area contributed by atoms with Gasteiger partial charge in [-0.05, 0) is 58.4 Å². The molecule has 1 atom stereocenters. The first-order valence-electron chi connectivity index (χ1n) is 8.13. The number of ether oxygens (including phenoxy) is 1. The van der Waals surface area contributed by atoms with E-state index in [-0.39, 0.29) is 18.0 Å². The van der Waals surface area contributed by atoms with E-state index in [4.69, 9.17) is 4.74 Å². The van der Waals surface area contributed by atoms with Crippen LogP contribution in [0.4, 0.5) is 4.79 Å². The van der Waals surface area contributed by atoms with Gasteiger partial charge in [0, 0.05) is 35.7 Å². The standard InChI is InChI=1S/C18H25BrN2O3/c1-12-10-14(6-7-15(12)19)16(22)20-8-9-21(13(2)11-20)17(23)24-18(3,4)5/h6-7,10,13H,8-9,11H2,1-5H3. The van der Waals surface area contributed by atoms with Crippen molar-refractivity contribution in [1.29, 1.82) is 0 Å². The third-order valence-corrected chi connectivity index (χ3v) is 4.84. The fourth-order valence-corrected chi connectivity index (χ4v) is 2.94. The lowest BCUT2D eigenvalue weighted by molar-refractivity contribution is 0.00198. The molecule has 1 aliphatic heterocycles. The molecule has 24 heavy (non-hydrogen) atoms. The van der Waals surface area contributed by atoms with E-state index >= 15 is 0 Å². The Morgan fingerprint density at radius 3 is 2.46 bits per heavy atom. The zero-order valence-electron chi connectivity index (χ0n) is 14.9. The Kier molecular flexibility index (Phi) is 5.58. The first-order chi connectivity index (χ1) is 11.1. The molecule has 0 bridgehead atoms. The number of hydrogen-bond acceptors (Lipinski definition) is 3. The van der Waals surface area contributed by atoms with E-state index in [0.717, 1.165) is 10.0 Å². The Balaban J connectivity index is 2.03. The highest BCUT2D eigenvalue weighted by Crippen LogP contribution is 2.20. The van der Waals surface area contributed by atoms with Crippen molar-refractivity contribution in [1.82, 2.24) is 9.80 Å². The van der Waals surface area contributed by atoms with E-state index in [1.807, 2.05) is 52.8 Å². The second-order valence-corrected chi connectivity index (χ2v) is 8.09. The summed E-state index contributed by atoms with van der Waals surface area (Å²) in [4.78, 5) is 28.4. The molecule has 2 rings (SSSR count). The highest BCUT2D eigenvalue weighted by Gasteiger charge is 2.32. The third kappa shape index (κ3) is 4.50. The Labute approximate surface area is 152 Å². The van der Waals surface area contributed by atoms with E-state index in [2.05, 4.69) is 15.9 Å². The Hall–Kier alpha value is -1.56. The van der Waals surface area contributed by atoms with Gasteiger partial charge in [0.25, 0.3) is 5.91 Å². The summed E-state index contributed by atoms with van der Waals surface area (Å²) >= 11 is 3.45. The molecule has 1 aromatic carbocycles. The van der Waals surface area contributed by atoms with E-state index in [9.17, 15) is 9.59 Å². The predicted molar refractivity (Wildman–Crippen MR) is 97.2 cm³/mol. The van der Waals surface area contributed by atoms with E-state index < -0.39 is 5.60 Å². The molecule has 1 fully saturated rings. The lowest BCUT2D eigenvalue weighted by Crippen LogP contribution is -2.56. The van der Waals surface area contributed by atoms with Crippen molar-refractivity contribution in [2.45, 2.75) is 46.3 Å². The molecule has 1 unspecified atom stereocenters. The Morgan fingerprint density at radius 2 is 1.92 bits per heavy atom. The minimum absolute atomic E-state index is 0.00119. The number of halogens is 1. The lowest BCUT2D eigenvalue weighted by atomic mass is 10.1. The maximum atomic E-state index is 12.7. The summed E-state index contributed by atoms with van der Waals surface area (Å²) in [6, 6.07) is 5.53. The van der Waals surface area contributed by atoms with Crippen molar-refractivity contribution in [2.75, 3.05) is 19.6 Å². The number of nitrogens with zero attached hydrogens (tertiary/aromatic N) is 2. The largest absolute Gasteiger partial charge is 0.444 e. The SMILES string of the molecule is Cc1cc(C(=O)N2CCN(C(=O)OC(C)(C)C)C(C)C2)ccc1Br. The molecule has 0 N–H and O–H groups in total. The van der Waals surface area contributed by atoms with Crippen molar-refractivity contribution >= 4 is 27.9 Å². The quantitative estimate of drug-likeness (QED) is 0.724. The topological polar surface area (TPSA) is 49.9 Å². The van der Waals surface area contributed by atoms with Crippen LogP contribution in [-0.2, 0) is 4.74 Å². The minimum Gasteiger partial charge on any atom is -0.444 e. The molecule has 0 spiro atoms. The first-order valence-corrected chi connectivity index (χ1v) is 8.93. The summed E-state index contributed by atoms with van der Waals surface area (Å²) in [6.45, 7) is 11.0. The highest BCUT2D eigenvalue weighted by atomic mass is 79.9. The molecular weight excluding hydrogens is 372 g/mol. The van der Waals surface area contributed by atoms with Gasteiger partial charge < -0.3 is 14.5 Å².